The van der Waals surface area contributed by atoms with Gasteiger partial charge in [0.1, 0.15) is 0 Å². The van der Waals surface area contributed by atoms with Gasteiger partial charge in [-0.25, -0.2) is 9.97 Å². The molecular formula is C27H31N7O. The van der Waals surface area contributed by atoms with Gasteiger partial charge in [-0.3, -0.25) is 9.36 Å². The number of benzene rings is 1. The van der Waals surface area contributed by atoms with Crippen LogP contribution in [0.15, 0.2) is 61.4 Å². The van der Waals surface area contributed by atoms with Crippen molar-refractivity contribution >= 4 is 0 Å². The lowest BCUT2D eigenvalue weighted by Gasteiger charge is -2.39. The molecule has 0 radical (unpaired) electrons. The molecule has 5 heterocycles. The van der Waals surface area contributed by atoms with Gasteiger partial charge in [-0.15, -0.1) is 0 Å². The molecule has 180 valence electrons. The zero-order valence-corrected chi connectivity index (χ0v) is 20.1. The summed E-state index contributed by atoms with van der Waals surface area (Å²) in [6.07, 6.45) is 16.4. The van der Waals surface area contributed by atoms with E-state index in [-0.39, 0.29) is 0 Å². The second kappa shape index (κ2) is 9.71. The van der Waals surface area contributed by atoms with Crippen molar-refractivity contribution in [3.8, 4) is 33.6 Å². The maximum absolute atomic E-state index is 5.53. The van der Waals surface area contributed by atoms with Gasteiger partial charge in [-0.1, -0.05) is 18.2 Å². The van der Waals surface area contributed by atoms with Crippen molar-refractivity contribution in [3.05, 3.63) is 61.4 Å². The number of ether oxygens (including phenoxy) is 1. The summed E-state index contributed by atoms with van der Waals surface area (Å²) in [4.78, 5) is 12.0. The fraction of sp³-hybridized carbons (Fsp3) is 0.407. The third-order valence-corrected chi connectivity index (χ3v) is 7.33. The summed E-state index contributed by atoms with van der Waals surface area (Å²) in [5.74, 6) is 0.715. The smallest absolute Gasteiger partial charge is 0.159 e. The number of hydrogen-bond donors (Lipinski definition) is 0. The Morgan fingerprint density at radius 1 is 0.743 bits per heavy atom. The van der Waals surface area contributed by atoms with E-state index in [1.807, 2.05) is 54.8 Å². The van der Waals surface area contributed by atoms with E-state index in [9.17, 15) is 0 Å². The molecule has 2 saturated heterocycles. The number of rotatable bonds is 5. The summed E-state index contributed by atoms with van der Waals surface area (Å²) in [6, 6.07) is 9.41. The van der Waals surface area contributed by atoms with E-state index in [0.29, 0.717) is 17.9 Å². The minimum atomic E-state index is 0.454. The zero-order valence-electron chi connectivity index (χ0n) is 20.1. The standard InChI is InChI=1S/C27H31N7O/c1-32-18-23(16-30-32)20-3-2-4-21(13-20)27-28-14-22(15-29-27)24-17-31-34(19-24)26-5-9-33(10-6-26)25-7-11-35-12-8-25/h2-4,13-19,25-26H,5-12H2,1H3. The quantitative estimate of drug-likeness (QED) is 0.436. The van der Waals surface area contributed by atoms with Crippen LogP contribution in [0.3, 0.4) is 0 Å². The lowest BCUT2D eigenvalue weighted by Crippen LogP contribution is -2.44. The Hall–Kier alpha value is -3.36. The average molecular weight is 470 g/mol. The highest BCUT2D eigenvalue weighted by molar-refractivity contribution is 5.70. The molecule has 0 saturated carbocycles. The highest BCUT2D eigenvalue weighted by Crippen LogP contribution is 2.29. The molecule has 6 rings (SSSR count). The van der Waals surface area contributed by atoms with Crippen LogP contribution in [-0.4, -0.2) is 66.8 Å². The minimum absolute atomic E-state index is 0.454. The van der Waals surface area contributed by atoms with Crippen LogP contribution >= 0.6 is 0 Å². The normalized spacial score (nSPS) is 18.2. The van der Waals surface area contributed by atoms with Crippen LogP contribution in [0.1, 0.15) is 31.7 Å². The Labute approximate surface area is 205 Å². The topological polar surface area (TPSA) is 73.9 Å². The third kappa shape index (κ3) is 4.76. The number of aryl methyl sites for hydroxylation is 1. The Kier molecular flexibility index (Phi) is 6.14. The number of piperidine rings is 1. The van der Waals surface area contributed by atoms with Crippen LogP contribution in [0.4, 0.5) is 0 Å². The van der Waals surface area contributed by atoms with E-state index in [4.69, 9.17) is 9.84 Å². The van der Waals surface area contributed by atoms with Crippen molar-refractivity contribution in [1.82, 2.24) is 34.4 Å². The Balaban J connectivity index is 1.12. The fourth-order valence-corrected chi connectivity index (χ4v) is 5.29. The van der Waals surface area contributed by atoms with Gasteiger partial charge >= 0.3 is 0 Å². The molecule has 0 amide bonds. The first-order valence-corrected chi connectivity index (χ1v) is 12.5. The molecule has 2 fully saturated rings. The van der Waals surface area contributed by atoms with Crippen LogP contribution in [0.25, 0.3) is 33.6 Å². The second-order valence-corrected chi connectivity index (χ2v) is 9.60. The molecule has 4 aromatic rings. The zero-order chi connectivity index (χ0) is 23.6. The van der Waals surface area contributed by atoms with E-state index < -0.39 is 0 Å². The van der Waals surface area contributed by atoms with Crippen LogP contribution in [0, 0.1) is 0 Å². The van der Waals surface area contributed by atoms with Crippen molar-refractivity contribution in [2.24, 2.45) is 7.05 Å². The highest BCUT2D eigenvalue weighted by atomic mass is 16.5. The first kappa shape index (κ1) is 22.1. The van der Waals surface area contributed by atoms with Gasteiger partial charge in [0.25, 0.3) is 0 Å². The third-order valence-electron chi connectivity index (χ3n) is 7.33. The Morgan fingerprint density at radius 3 is 2.20 bits per heavy atom. The van der Waals surface area contributed by atoms with Gasteiger partial charge in [-0.2, -0.15) is 10.2 Å². The van der Waals surface area contributed by atoms with Gasteiger partial charge in [0, 0.05) is 86.4 Å². The molecule has 1 aromatic carbocycles. The van der Waals surface area contributed by atoms with Crippen molar-refractivity contribution in [2.75, 3.05) is 26.3 Å². The molecule has 0 unspecified atom stereocenters. The monoisotopic (exact) mass is 469 g/mol. The van der Waals surface area contributed by atoms with E-state index in [2.05, 4.69) is 43.0 Å². The maximum atomic E-state index is 5.53. The molecule has 2 aliphatic rings. The summed E-state index contributed by atoms with van der Waals surface area (Å²) in [6.45, 7) is 4.09. The lowest BCUT2D eigenvalue weighted by molar-refractivity contribution is 0.0212. The summed E-state index contributed by atoms with van der Waals surface area (Å²) in [5.41, 5.74) is 5.23. The summed E-state index contributed by atoms with van der Waals surface area (Å²) in [7, 11) is 1.92. The van der Waals surface area contributed by atoms with E-state index in [0.717, 1.165) is 67.0 Å². The SMILES string of the molecule is Cn1cc(-c2cccc(-c3ncc(-c4cnn(C5CCN(C6CCOCC6)CC5)c4)cn3)c2)cn1. The maximum Gasteiger partial charge on any atom is 0.159 e. The van der Waals surface area contributed by atoms with Crippen molar-refractivity contribution in [3.63, 3.8) is 0 Å². The molecular weight excluding hydrogens is 438 g/mol. The van der Waals surface area contributed by atoms with Crippen LogP contribution in [0.2, 0.25) is 0 Å². The Morgan fingerprint density at radius 2 is 1.46 bits per heavy atom. The van der Waals surface area contributed by atoms with Gasteiger partial charge < -0.3 is 9.64 Å². The molecule has 0 N–H and O–H groups in total. The van der Waals surface area contributed by atoms with Gasteiger partial charge in [0.05, 0.1) is 18.4 Å². The van der Waals surface area contributed by atoms with Gasteiger partial charge in [0.15, 0.2) is 5.82 Å². The first-order valence-electron chi connectivity index (χ1n) is 12.5. The van der Waals surface area contributed by atoms with Crippen LogP contribution in [0.5, 0.6) is 0 Å². The number of aromatic nitrogens is 6. The minimum Gasteiger partial charge on any atom is -0.381 e. The molecule has 8 heteroatoms. The van der Waals surface area contributed by atoms with E-state index in [1.165, 1.54) is 12.8 Å². The van der Waals surface area contributed by atoms with Gasteiger partial charge in [-0.05, 0) is 37.3 Å². The Bertz CT molecular complexity index is 1260. The predicted octanol–water partition coefficient (Wildman–Crippen LogP) is 4.22. The highest BCUT2D eigenvalue weighted by Gasteiger charge is 2.27. The predicted molar refractivity (Wildman–Crippen MR) is 135 cm³/mol. The summed E-state index contributed by atoms with van der Waals surface area (Å²) >= 11 is 0. The molecule has 0 aliphatic carbocycles. The van der Waals surface area contributed by atoms with Crippen LogP contribution in [-0.2, 0) is 11.8 Å². The molecule has 2 aliphatic heterocycles. The first-order chi connectivity index (χ1) is 17.2. The van der Waals surface area contributed by atoms with E-state index >= 15 is 0 Å². The second-order valence-electron chi connectivity index (χ2n) is 9.60. The van der Waals surface area contributed by atoms with Gasteiger partial charge in [0.2, 0.25) is 0 Å². The van der Waals surface area contributed by atoms with Crippen LogP contribution < -0.4 is 0 Å². The number of likely N-dealkylation sites (tertiary alicyclic amines) is 1. The van der Waals surface area contributed by atoms with Crippen molar-refractivity contribution in [2.45, 2.75) is 37.8 Å². The molecule has 0 spiro atoms. The molecule has 0 bridgehead atoms. The molecule has 0 atom stereocenters. The lowest BCUT2D eigenvalue weighted by atomic mass is 10.00. The van der Waals surface area contributed by atoms with Crippen molar-refractivity contribution < 1.29 is 4.74 Å². The largest absolute Gasteiger partial charge is 0.381 e. The molecule has 8 nitrogen and oxygen atoms in total. The number of nitrogens with zero attached hydrogens (tertiary/aromatic N) is 7. The molecule has 3 aromatic heterocycles. The summed E-state index contributed by atoms with van der Waals surface area (Å²) < 4.78 is 9.48. The van der Waals surface area contributed by atoms with Crippen molar-refractivity contribution in [1.29, 1.82) is 0 Å². The fourth-order valence-electron chi connectivity index (χ4n) is 5.29. The average Bonchev–Trinajstić information content (AvgIpc) is 3.59. The van der Waals surface area contributed by atoms with E-state index in [1.54, 1.807) is 0 Å². The summed E-state index contributed by atoms with van der Waals surface area (Å²) in [5, 5.41) is 8.97. The molecule has 35 heavy (non-hydrogen) atoms. The number of hydrogen-bond acceptors (Lipinski definition) is 6.